The highest BCUT2D eigenvalue weighted by Crippen LogP contribution is 2.20. The Labute approximate surface area is 102 Å². The molecule has 0 unspecified atom stereocenters. The van der Waals surface area contributed by atoms with E-state index in [1.807, 2.05) is 6.92 Å². The van der Waals surface area contributed by atoms with Gasteiger partial charge in [-0.15, -0.1) is 0 Å². The fraction of sp³-hybridized carbons (Fsp3) is 0.417. The van der Waals surface area contributed by atoms with Gasteiger partial charge >= 0.3 is 0 Å². The largest absolute Gasteiger partial charge is 0.326 e. The summed E-state index contributed by atoms with van der Waals surface area (Å²) >= 11 is 0. The Balaban J connectivity index is 2.07. The van der Waals surface area contributed by atoms with Crippen molar-refractivity contribution in [3.05, 3.63) is 29.6 Å². The van der Waals surface area contributed by atoms with Gasteiger partial charge in [-0.1, -0.05) is 0 Å². The van der Waals surface area contributed by atoms with E-state index in [2.05, 4.69) is 10.6 Å². The number of rotatable bonds is 2. The van der Waals surface area contributed by atoms with Crippen LogP contribution < -0.4 is 10.6 Å². The van der Waals surface area contributed by atoms with Gasteiger partial charge in [0, 0.05) is 30.4 Å². The normalized spacial score (nSPS) is 23.1. The lowest BCUT2D eigenvalue weighted by atomic mass is 10.1. The molecule has 2 atom stereocenters. The number of halogens is 3. The van der Waals surface area contributed by atoms with Crippen molar-refractivity contribution in [1.82, 2.24) is 5.32 Å². The number of amides is 1. The predicted octanol–water partition coefficient (Wildman–Crippen LogP) is 2.04. The molecule has 0 aromatic heterocycles. The first kappa shape index (κ1) is 12.9. The molecule has 98 valence electrons. The maximum Gasteiger partial charge on any atom is 0.228 e. The van der Waals surface area contributed by atoms with Crippen molar-refractivity contribution in [2.45, 2.75) is 19.4 Å². The van der Waals surface area contributed by atoms with Crippen LogP contribution in [0.15, 0.2) is 12.1 Å². The van der Waals surface area contributed by atoms with Gasteiger partial charge in [-0.25, -0.2) is 13.2 Å². The van der Waals surface area contributed by atoms with Crippen LogP contribution >= 0.6 is 0 Å². The fourth-order valence-corrected chi connectivity index (χ4v) is 2.01. The van der Waals surface area contributed by atoms with E-state index in [9.17, 15) is 18.0 Å². The van der Waals surface area contributed by atoms with Crippen LogP contribution in [0.3, 0.4) is 0 Å². The molecule has 1 amide bonds. The number of anilines is 1. The van der Waals surface area contributed by atoms with E-state index in [-0.39, 0.29) is 23.6 Å². The van der Waals surface area contributed by atoms with Gasteiger partial charge in [0.05, 0.1) is 5.92 Å². The number of carbonyl (C=O) groups is 1. The van der Waals surface area contributed by atoms with Crippen LogP contribution in [-0.4, -0.2) is 18.5 Å². The Morgan fingerprint density at radius 1 is 1.33 bits per heavy atom. The summed E-state index contributed by atoms with van der Waals surface area (Å²) in [6, 6.07) is 1.77. The molecule has 0 bridgehead atoms. The molecule has 1 heterocycles. The van der Waals surface area contributed by atoms with Crippen molar-refractivity contribution in [3.8, 4) is 0 Å². The van der Waals surface area contributed by atoms with Gasteiger partial charge in [-0.3, -0.25) is 4.79 Å². The molecule has 1 aliphatic heterocycles. The summed E-state index contributed by atoms with van der Waals surface area (Å²) in [5, 5.41) is 5.49. The predicted molar refractivity (Wildman–Crippen MR) is 60.5 cm³/mol. The maximum absolute atomic E-state index is 13.0. The van der Waals surface area contributed by atoms with Crippen LogP contribution in [0.5, 0.6) is 0 Å². The van der Waals surface area contributed by atoms with Crippen molar-refractivity contribution >= 4 is 11.6 Å². The SMILES string of the molecule is C[C@H]1C[C@H](C(=O)Nc2cc(F)c(F)c(F)c2)CN1. The molecular weight excluding hydrogens is 245 g/mol. The van der Waals surface area contributed by atoms with E-state index >= 15 is 0 Å². The standard InChI is InChI=1S/C12H13F3N2O/c1-6-2-7(5-16-6)12(18)17-8-3-9(13)11(15)10(14)4-8/h3-4,6-7,16H,2,5H2,1H3,(H,17,18)/t6-,7-/m0/s1. The van der Waals surface area contributed by atoms with E-state index < -0.39 is 17.5 Å². The first-order valence-corrected chi connectivity index (χ1v) is 5.66. The zero-order chi connectivity index (χ0) is 13.3. The summed E-state index contributed by atoms with van der Waals surface area (Å²) in [5.41, 5.74) is -0.0732. The smallest absolute Gasteiger partial charge is 0.228 e. The molecule has 3 nitrogen and oxygen atoms in total. The van der Waals surface area contributed by atoms with Crippen molar-refractivity contribution in [2.75, 3.05) is 11.9 Å². The lowest BCUT2D eigenvalue weighted by molar-refractivity contribution is -0.119. The molecule has 2 rings (SSSR count). The summed E-state index contributed by atoms with van der Waals surface area (Å²) in [4.78, 5) is 11.8. The Hall–Kier alpha value is -1.56. The molecule has 0 spiro atoms. The summed E-state index contributed by atoms with van der Waals surface area (Å²) in [5.74, 6) is -4.73. The van der Waals surface area contributed by atoms with Gasteiger partial charge in [0.25, 0.3) is 0 Å². The summed E-state index contributed by atoms with van der Waals surface area (Å²) in [7, 11) is 0. The van der Waals surface area contributed by atoms with Crippen LogP contribution in [0.25, 0.3) is 0 Å². The summed E-state index contributed by atoms with van der Waals surface area (Å²) in [6.45, 7) is 2.48. The molecule has 1 aliphatic rings. The van der Waals surface area contributed by atoms with Crippen molar-refractivity contribution < 1.29 is 18.0 Å². The quantitative estimate of drug-likeness (QED) is 0.797. The van der Waals surface area contributed by atoms with Crippen molar-refractivity contribution in [1.29, 1.82) is 0 Å². The molecule has 18 heavy (non-hydrogen) atoms. The van der Waals surface area contributed by atoms with Gasteiger partial charge in [0.15, 0.2) is 17.5 Å². The Morgan fingerprint density at radius 2 is 1.94 bits per heavy atom. The molecule has 1 aromatic carbocycles. The van der Waals surface area contributed by atoms with Crippen LogP contribution in [0.4, 0.5) is 18.9 Å². The summed E-state index contributed by atoms with van der Waals surface area (Å²) < 4.78 is 38.6. The highest BCUT2D eigenvalue weighted by atomic mass is 19.2. The molecule has 0 saturated carbocycles. The first-order chi connectivity index (χ1) is 8.47. The molecule has 2 N–H and O–H groups in total. The third-order valence-corrected chi connectivity index (χ3v) is 2.97. The van der Waals surface area contributed by atoms with Gasteiger partial charge in [-0.2, -0.15) is 0 Å². The topological polar surface area (TPSA) is 41.1 Å². The number of nitrogens with one attached hydrogen (secondary N) is 2. The molecule has 6 heteroatoms. The van der Waals surface area contributed by atoms with E-state index in [1.165, 1.54) is 0 Å². The minimum absolute atomic E-state index is 0.0732. The number of carbonyl (C=O) groups excluding carboxylic acids is 1. The second kappa shape index (κ2) is 4.97. The molecule has 0 radical (unpaired) electrons. The van der Waals surface area contributed by atoms with E-state index in [1.54, 1.807) is 0 Å². The van der Waals surface area contributed by atoms with E-state index in [0.29, 0.717) is 13.0 Å². The zero-order valence-electron chi connectivity index (χ0n) is 9.77. The lowest BCUT2D eigenvalue weighted by Crippen LogP contribution is -2.24. The molecular formula is C12H13F3N2O. The third-order valence-electron chi connectivity index (χ3n) is 2.97. The molecule has 1 aromatic rings. The van der Waals surface area contributed by atoms with Crippen LogP contribution in [0.2, 0.25) is 0 Å². The van der Waals surface area contributed by atoms with Crippen molar-refractivity contribution in [3.63, 3.8) is 0 Å². The monoisotopic (exact) mass is 258 g/mol. The second-order valence-electron chi connectivity index (χ2n) is 4.49. The minimum Gasteiger partial charge on any atom is -0.326 e. The Bertz CT molecular complexity index is 455. The average Bonchev–Trinajstić information content (AvgIpc) is 2.72. The minimum atomic E-state index is -1.54. The first-order valence-electron chi connectivity index (χ1n) is 5.66. The highest BCUT2D eigenvalue weighted by molar-refractivity contribution is 5.92. The molecule has 1 fully saturated rings. The number of hydrogen-bond donors (Lipinski definition) is 2. The zero-order valence-corrected chi connectivity index (χ0v) is 9.77. The Kier molecular flexibility index (Phi) is 3.56. The fourth-order valence-electron chi connectivity index (χ4n) is 2.01. The highest BCUT2D eigenvalue weighted by Gasteiger charge is 2.27. The van der Waals surface area contributed by atoms with Gasteiger partial charge in [0.1, 0.15) is 0 Å². The van der Waals surface area contributed by atoms with Crippen LogP contribution in [0, 0.1) is 23.4 Å². The van der Waals surface area contributed by atoms with E-state index in [0.717, 1.165) is 12.1 Å². The van der Waals surface area contributed by atoms with Gasteiger partial charge < -0.3 is 10.6 Å². The Morgan fingerprint density at radius 3 is 2.44 bits per heavy atom. The molecule has 1 saturated heterocycles. The molecule has 0 aliphatic carbocycles. The van der Waals surface area contributed by atoms with Crippen LogP contribution in [-0.2, 0) is 4.79 Å². The van der Waals surface area contributed by atoms with Gasteiger partial charge in [-0.05, 0) is 13.3 Å². The van der Waals surface area contributed by atoms with Crippen LogP contribution in [0.1, 0.15) is 13.3 Å². The summed E-state index contributed by atoms with van der Waals surface area (Å²) in [6.07, 6.45) is 0.665. The second-order valence-corrected chi connectivity index (χ2v) is 4.49. The lowest BCUT2D eigenvalue weighted by Gasteiger charge is -2.10. The van der Waals surface area contributed by atoms with Gasteiger partial charge in [0.2, 0.25) is 5.91 Å². The average molecular weight is 258 g/mol. The van der Waals surface area contributed by atoms with Crippen molar-refractivity contribution in [2.24, 2.45) is 5.92 Å². The van der Waals surface area contributed by atoms with E-state index in [4.69, 9.17) is 0 Å². The third kappa shape index (κ3) is 2.64. The number of benzene rings is 1. The number of hydrogen-bond acceptors (Lipinski definition) is 2. The maximum atomic E-state index is 13.0.